The Bertz CT molecular complexity index is 780. The smallest absolute Gasteiger partial charge is 0.416 e. The molecular weight excluding hydrogens is 373 g/mol. The van der Waals surface area contributed by atoms with Crippen molar-refractivity contribution in [2.24, 2.45) is 11.8 Å². The van der Waals surface area contributed by atoms with Gasteiger partial charge >= 0.3 is 6.18 Å². The molecule has 1 aromatic carbocycles. The quantitative estimate of drug-likeness (QED) is 0.821. The number of nitrogens with one attached hydrogen (secondary N) is 2. The van der Waals surface area contributed by atoms with Gasteiger partial charge in [-0.3, -0.25) is 9.59 Å². The monoisotopic (exact) mass is 396 g/mol. The summed E-state index contributed by atoms with van der Waals surface area (Å²) < 4.78 is 45.5. The third-order valence-corrected chi connectivity index (χ3v) is 6.09. The Morgan fingerprint density at radius 1 is 1.18 bits per heavy atom. The van der Waals surface area contributed by atoms with Crippen LogP contribution >= 0.6 is 0 Å². The topological polar surface area (TPSA) is 67.4 Å². The fourth-order valence-electron chi connectivity index (χ4n) is 4.65. The number of benzene rings is 1. The van der Waals surface area contributed by atoms with Gasteiger partial charge in [0.25, 0.3) is 5.91 Å². The highest BCUT2D eigenvalue weighted by Gasteiger charge is 2.42. The van der Waals surface area contributed by atoms with Gasteiger partial charge in [0.05, 0.1) is 11.1 Å². The number of ether oxygens (including phenoxy) is 1. The standard InChI is InChI=1S/C20H23F3N2O3/c21-20(22,23)13-3-4-15(19(27)25-14-5-6-24-18(26)10-14)17(9-13)28-16-8-11-1-2-12(16)7-11/h3-4,9,11-12,14,16H,1-2,5-8,10H2,(H,24,26)(H,25,27)/t11-,12?,14?,16?/m0/s1. The Morgan fingerprint density at radius 3 is 2.64 bits per heavy atom. The van der Waals surface area contributed by atoms with E-state index in [0.29, 0.717) is 24.8 Å². The van der Waals surface area contributed by atoms with Crippen molar-refractivity contribution in [2.75, 3.05) is 6.54 Å². The average molecular weight is 396 g/mol. The van der Waals surface area contributed by atoms with Gasteiger partial charge in [0.1, 0.15) is 11.9 Å². The van der Waals surface area contributed by atoms with Gasteiger partial charge in [-0.15, -0.1) is 0 Å². The lowest BCUT2D eigenvalue weighted by Gasteiger charge is -2.26. The predicted molar refractivity (Wildman–Crippen MR) is 94.8 cm³/mol. The molecule has 0 aromatic heterocycles. The highest BCUT2D eigenvalue weighted by Crippen LogP contribution is 2.46. The summed E-state index contributed by atoms with van der Waals surface area (Å²) in [5, 5.41) is 5.45. The Hall–Kier alpha value is -2.25. The lowest BCUT2D eigenvalue weighted by Crippen LogP contribution is -2.45. The van der Waals surface area contributed by atoms with E-state index in [1.54, 1.807) is 0 Å². The minimum absolute atomic E-state index is 0.0230. The maximum Gasteiger partial charge on any atom is 0.416 e. The van der Waals surface area contributed by atoms with Crippen LogP contribution in [-0.4, -0.2) is 30.5 Å². The minimum Gasteiger partial charge on any atom is -0.489 e. The summed E-state index contributed by atoms with van der Waals surface area (Å²) in [5.74, 6) is 0.232. The summed E-state index contributed by atoms with van der Waals surface area (Å²) in [6.07, 6.45) is 0.123. The van der Waals surface area contributed by atoms with Crippen molar-refractivity contribution >= 4 is 11.8 Å². The SMILES string of the molecule is O=C1CC(NC(=O)c2ccc(C(F)(F)F)cc2OC2C[C@H]3CCC2C3)CCN1. The third-order valence-electron chi connectivity index (χ3n) is 6.09. The number of piperidine rings is 1. The molecule has 5 nitrogen and oxygen atoms in total. The molecule has 1 heterocycles. The first-order valence-electron chi connectivity index (χ1n) is 9.75. The zero-order valence-corrected chi connectivity index (χ0v) is 15.3. The largest absolute Gasteiger partial charge is 0.489 e. The van der Waals surface area contributed by atoms with E-state index in [1.807, 2.05) is 0 Å². The van der Waals surface area contributed by atoms with Crippen molar-refractivity contribution < 1.29 is 27.5 Å². The molecule has 3 fully saturated rings. The number of amides is 2. The second-order valence-corrected chi connectivity index (χ2v) is 8.05. The molecule has 152 valence electrons. The summed E-state index contributed by atoms with van der Waals surface area (Å²) >= 11 is 0. The van der Waals surface area contributed by atoms with Gasteiger partial charge in [-0.05, 0) is 62.1 Å². The van der Waals surface area contributed by atoms with E-state index in [0.717, 1.165) is 37.8 Å². The molecule has 3 aliphatic rings. The van der Waals surface area contributed by atoms with E-state index in [9.17, 15) is 22.8 Å². The number of halogens is 3. The molecule has 1 saturated heterocycles. The predicted octanol–water partition coefficient (Wildman–Crippen LogP) is 3.28. The Morgan fingerprint density at radius 2 is 2.00 bits per heavy atom. The molecule has 2 bridgehead atoms. The van der Waals surface area contributed by atoms with Crippen LogP contribution in [0.1, 0.15) is 54.4 Å². The van der Waals surface area contributed by atoms with Crippen LogP contribution in [0.3, 0.4) is 0 Å². The molecular formula is C20H23F3N2O3. The molecule has 0 spiro atoms. The van der Waals surface area contributed by atoms with Gasteiger partial charge in [0, 0.05) is 19.0 Å². The molecule has 1 aromatic rings. The molecule has 0 radical (unpaired) electrons. The van der Waals surface area contributed by atoms with E-state index in [-0.39, 0.29) is 35.8 Å². The first-order chi connectivity index (χ1) is 13.3. The Labute approximate surface area is 161 Å². The van der Waals surface area contributed by atoms with Crippen LogP contribution in [0.2, 0.25) is 0 Å². The molecule has 28 heavy (non-hydrogen) atoms. The molecule has 4 atom stereocenters. The van der Waals surface area contributed by atoms with Gasteiger partial charge in [-0.25, -0.2) is 0 Å². The van der Waals surface area contributed by atoms with Crippen molar-refractivity contribution in [1.29, 1.82) is 0 Å². The summed E-state index contributed by atoms with van der Waals surface area (Å²) in [5.41, 5.74) is -0.749. The first-order valence-corrected chi connectivity index (χ1v) is 9.75. The number of carbonyl (C=O) groups is 2. The molecule has 2 aliphatic carbocycles. The zero-order valence-electron chi connectivity index (χ0n) is 15.3. The van der Waals surface area contributed by atoms with Crippen LogP contribution in [0.25, 0.3) is 0 Å². The maximum absolute atomic E-state index is 13.2. The van der Waals surface area contributed by atoms with E-state index >= 15 is 0 Å². The normalized spacial score (nSPS) is 29.5. The lowest BCUT2D eigenvalue weighted by molar-refractivity contribution is -0.137. The zero-order chi connectivity index (χ0) is 19.9. The molecule has 2 saturated carbocycles. The fourth-order valence-corrected chi connectivity index (χ4v) is 4.65. The molecule has 3 unspecified atom stereocenters. The van der Waals surface area contributed by atoms with Crippen molar-refractivity contribution in [3.8, 4) is 5.75 Å². The van der Waals surface area contributed by atoms with Gasteiger partial charge in [0.15, 0.2) is 0 Å². The minimum atomic E-state index is -4.51. The van der Waals surface area contributed by atoms with Crippen LogP contribution in [0.15, 0.2) is 18.2 Å². The van der Waals surface area contributed by atoms with Crippen molar-refractivity contribution in [3.63, 3.8) is 0 Å². The van der Waals surface area contributed by atoms with E-state index in [4.69, 9.17) is 4.74 Å². The van der Waals surface area contributed by atoms with Crippen molar-refractivity contribution in [2.45, 2.75) is 56.8 Å². The molecule has 8 heteroatoms. The molecule has 2 N–H and O–H groups in total. The average Bonchev–Trinajstić information content (AvgIpc) is 3.24. The van der Waals surface area contributed by atoms with Crippen LogP contribution in [0.4, 0.5) is 13.2 Å². The third kappa shape index (κ3) is 3.95. The Balaban J connectivity index is 1.56. The number of hydrogen-bond acceptors (Lipinski definition) is 3. The van der Waals surface area contributed by atoms with Crippen LogP contribution < -0.4 is 15.4 Å². The number of carbonyl (C=O) groups excluding carboxylic acids is 2. The van der Waals surface area contributed by atoms with E-state index in [1.165, 1.54) is 6.07 Å². The summed E-state index contributed by atoms with van der Waals surface area (Å²) in [4.78, 5) is 24.2. The second-order valence-electron chi connectivity index (χ2n) is 8.05. The summed E-state index contributed by atoms with van der Waals surface area (Å²) in [7, 11) is 0. The number of rotatable bonds is 4. The van der Waals surface area contributed by atoms with Gasteiger partial charge in [-0.1, -0.05) is 0 Å². The lowest BCUT2D eigenvalue weighted by atomic mass is 9.97. The Kier molecular flexibility index (Phi) is 4.97. The van der Waals surface area contributed by atoms with E-state index < -0.39 is 17.6 Å². The summed E-state index contributed by atoms with van der Waals surface area (Å²) in [6.45, 7) is 0.464. The molecule has 1 aliphatic heterocycles. The van der Waals surface area contributed by atoms with Crippen LogP contribution in [0, 0.1) is 11.8 Å². The first kappa shape index (κ1) is 19.1. The molecule has 4 rings (SSSR count). The number of hydrogen-bond donors (Lipinski definition) is 2. The number of fused-ring (bicyclic) bond motifs is 2. The van der Waals surface area contributed by atoms with Gasteiger partial charge in [-0.2, -0.15) is 13.2 Å². The summed E-state index contributed by atoms with van der Waals surface area (Å²) in [6, 6.07) is 2.66. The molecule has 2 amide bonds. The van der Waals surface area contributed by atoms with Crippen molar-refractivity contribution in [1.82, 2.24) is 10.6 Å². The van der Waals surface area contributed by atoms with Crippen LogP contribution in [0.5, 0.6) is 5.75 Å². The maximum atomic E-state index is 13.2. The fraction of sp³-hybridized carbons (Fsp3) is 0.600. The van der Waals surface area contributed by atoms with Gasteiger partial charge < -0.3 is 15.4 Å². The highest BCUT2D eigenvalue weighted by molar-refractivity contribution is 5.97. The van der Waals surface area contributed by atoms with E-state index in [2.05, 4.69) is 10.6 Å². The number of alkyl halides is 3. The van der Waals surface area contributed by atoms with Crippen molar-refractivity contribution in [3.05, 3.63) is 29.3 Å². The highest BCUT2D eigenvalue weighted by atomic mass is 19.4. The van der Waals surface area contributed by atoms with Crippen LogP contribution in [-0.2, 0) is 11.0 Å². The van der Waals surface area contributed by atoms with Gasteiger partial charge in [0.2, 0.25) is 5.91 Å². The second kappa shape index (κ2) is 7.29.